The number of aliphatic carboxylic acids is 1. The number of amides is 4. The zero-order chi connectivity index (χ0) is 26.7. The third-order valence-corrected chi connectivity index (χ3v) is 5.53. The average molecular weight is 496 g/mol. The van der Waals surface area contributed by atoms with Gasteiger partial charge in [-0.05, 0) is 18.3 Å². The predicted octanol–water partition coefficient (Wildman–Crippen LogP) is -1.21. The Morgan fingerprint density at radius 1 is 1.00 bits per heavy atom. The van der Waals surface area contributed by atoms with Crippen molar-refractivity contribution < 1.29 is 29.1 Å². The summed E-state index contributed by atoms with van der Waals surface area (Å²) in [6, 6.07) is -4.65. The fourth-order valence-electron chi connectivity index (χ4n) is 3.25. The number of nitrogens with two attached hydrogens (primary N) is 2. The molecule has 35 heavy (non-hydrogen) atoms. The van der Waals surface area contributed by atoms with Crippen LogP contribution in [0.15, 0.2) is 12.5 Å². The molecule has 1 rings (SSSR count). The summed E-state index contributed by atoms with van der Waals surface area (Å²) in [5, 5.41) is 16.8. The first kappa shape index (κ1) is 29.6. The van der Waals surface area contributed by atoms with Crippen molar-refractivity contribution in [2.75, 3.05) is 0 Å². The van der Waals surface area contributed by atoms with Crippen LogP contribution in [0.3, 0.4) is 0 Å². The largest absolute Gasteiger partial charge is 0.480 e. The minimum absolute atomic E-state index is 0.0000798. The van der Waals surface area contributed by atoms with Crippen LogP contribution in [0.2, 0.25) is 0 Å². The zero-order valence-corrected chi connectivity index (χ0v) is 20.5. The number of hydrogen-bond donors (Lipinski definition) is 7. The van der Waals surface area contributed by atoms with E-state index in [1.54, 1.807) is 0 Å². The zero-order valence-electron chi connectivity index (χ0n) is 20.5. The van der Waals surface area contributed by atoms with E-state index in [2.05, 4.69) is 25.9 Å². The summed E-state index contributed by atoms with van der Waals surface area (Å²) in [5.74, 6) is -4.45. The molecule has 0 saturated heterocycles. The highest BCUT2D eigenvalue weighted by atomic mass is 16.4. The Morgan fingerprint density at radius 3 is 2.06 bits per heavy atom. The van der Waals surface area contributed by atoms with E-state index in [1.165, 1.54) is 12.5 Å². The molecule has 0 radical (unpaired) electrons. The number of carbonyl (C=O) groups excluding carboxylic acids is 4. The van der Waals surface area contributed by atoms with Crippen LogP contribution < -0.4 is 27.4 Å². The number of H-pyrrole nitrogens is 1. The maximum Gasteiger partial charge on any atom is 0.326 e. The molecular formula is C22H37N7O6. The van der Waals surface area contributed by atoms with Crippen molar-refractivity contribution in [1.82, 2.24) is 25.9 Å². The molecular weight excluding hydrogens is 458 g/mol. The van der Waals surface area contributed by atoms with Gasteiger partial charge in [0.25, 0.3) is 0 Å². The Morgan fingerprint density at radius 2 is 1.57 bits per heavy atom. The van der Waals surface area contributed by atoms with Crippen LogP contribution in [-0.2, 0) is 30.4 Å². The molecule has 9 N–H and O–H groups in total. The molecule has 0 aromatic carbocycles. The van der Waals surface area contributed by atoms with Gasteiger partial charge in [0.05, 0.1) is 18.8 Å². The van der Waals surface area contributed by atoms with Crippen molar-refractivity contribution in [3.05, 3.63) is 18.2 Å². The molecule has 0 aliphatic carbocycles. The van der Waals surface area contributed by atoms with E-state index in [9.17, 15) is 29.1 Å². The van der Waals surface area contributed by atoms with Crippen molar-refractivity contribution in [1.29, 1.82) is 0 Å². The van der Waals surface area contributed by atoms with Crippen LogP contribution in [-0.4, -0.2) is 68.8 Å². The van der Waals surface area contributed by atoms with Gasteiger partial charge in [0.1, 0.15) is 18.1 Å². The topological polar surface area (TPSA) is 222 Å². The second kappa shape index (κ2) is 14.0. The number of carbonyl (C=O) groups is 5. The molecule has 13 heteroatoms. The first-order valence-electron chi connectivity index (χ1n) is 11.5. The minimum Gasteiger partial charge on any atom is -0.480 e. The summed E-state index contributed by atoms with van der Waals surface area (Å²) in [5.41, 5.74) is 11.7. The Balaban J connectivity index is 3.00. The third-order valence-electron chi connectivity index (χ3n) is 5.53. The molecule has 0 aliphatic heterocycles. The maximum atomic E-state index is 13.0. The predicted molar refractivity (Wildman–Crippen MR) is 126 cm³/mol. The van der Waals surface area contributed by atoms with Crippen molar-refractivity contribution in [2.45, 2.75) is 77.5 Å². The van der Waals surface area contributed by atoms with Gasteiger partial charge in [-0.25, -0.2) is 9.78 Å². The van der Waals surface area contributed by atoms with Gasteiger partial charge >= 0.3 is 5.97 Å². The van der Waals surface area contributed by atoms with Crippen molar-refractivity contribution in [3.8, 4) is 0 Å². The fraction of sp³-hybridized carbons (Fsp3) is 0.636. The van der Waals surface area contributed by atoms with Gasteiger partial charge in [-0.1, -0.05) is 34.1 Å². The molecule has 5 atom stereocenters. The molecule has 0 spiro atoms. The van der Waals surface area contributed by atoms with Crippen LogP contribution in [0.5, 0.6) is 0 Å². The number of carboxylic acid groups (broad SMARTS) is 1. The molecule has 13 nitrogen and oxygen atoms in total. The molecule has 0 bridgehead atoms. The summed E-state index contributed by atoms with van der Waals surface area (Å²) in [4.78, 5) is 68.2. The fourth-order valence-corrected chi connectivity index (χ4v) is 3.25. The van der Waals surface area contributed by atoms with E-state index in [1.807, 2.05) is 27.7 Å². The summed E-state index contributed by atoms with van der Waals surface area (Å²) in [7, 11) is 0. The van der Waals surface area contributed by atoms with Crippen molar-refractivity contribution >= 4 is 29.6 Å². The van der Waals surface area contributed by atoms with Crippen LogP contribution in [0, 0.1) is 11.8 Å². The number of hydrogen-bond acceptors (Lipinski definition) is 7. The number of aromatic amines is 1. The lowest BCUT2D eigenvalue weighted by atomic mass is 9.97. The maximum absolute atomic E-state index is 13.0. The molecule has 0 saturated carbocycles. The van der Waals surface area contributed by atoms with Gasteiger partial charge in [0.2, 0.25) is 23.6 Å². The van der Waals surface area contributed by atoms with Crippen LogP contribution in [0.1, 0.15) is 52.7 Å². The monoisotopic (exact) mass is 495 g/mol. The first-order valence-corrected chi connectivity index (χ1v) is 11.5. The minimum atomic E-state index is -1.45. The molecule has 1 aromatic heterocycles. The number of nitrogens with one attached hydrogen (secondary N) is 4. The summed E-state index contributed by atoms with van der Waals surface area (Å²) >= 11 is 0. The van der Waals surface area contributed by atoms with Gasteiger partial charge in [-0.15, -0.1) is 0 Å². The molecule has 4 amide bonds. The quantitative estimate of drug-likeness (QED) is 0.156. The van der Waals surface area contributed by atoms with Crippen LogP contribution in [0.25, 0.3) is 0 Å². The molecule has 1 heterocycles. The molecule has 0 aliphatic rings. The van der Waals surface area contributed by atoms with Gasteiger partial charge in [-0.3, -0.25) is 19.2 Å². The van der Waals surface area contributed by atoms with E-state index >= 15 is 0 Å². The van der Waals surface area contributed by atoms with Gasteiger partial charge in [0, 0.05) is 18.3 Å². The summed E-state index contributed by atoms with van der Waals surface area (Å²) in [6.07, 6.45) is 3.02. The van der Waals surface area contributed by atoms with E-state index in [0.717, 1.165) is 0 Å². The average Bonchev–Trinajstić information content (AvgIpc) is 3.28. The Hall–Kier alpha value is -3.48. The van der Waals surface area contributed by atoms with Gasteiger partial charge in [0.15, 0.2) is 0 Å². The van der Waals surface area contributed by atoms with Gasteiger partial charge < -0.3 is 37.5 Å². The van der Waals surface area contributed by atoms with E-state index in [0.29, 0.717) is 12.1 Å². The summed E-state index contributed by atoms with van der Waals surface area (Å²) < 4.78 is 0. The molecule has 5 unspecified atom stereocenters. The van der Waals surface area contributed by atoms with Crippen molar-refractivity contribution in [2.24, 2.45) is 23.3 Å². The number of carboxylic acids is 1. The number of rotatable bonds is 15. The SMILES string of the molecule is CCC(C)C(N)C(=O)NC(CC(C)C)C(=O)NC(CC(N)=O)C(=O)NC(Cc1cnc[nH]1)C(=O)O. The number of primary amides is 1. The molecule has 1 aromatic rings. The van der Waals surface area contributed by atoms with Crippen molar-refractivity contribution in [3.63, 3.8) is 0 Å². The second-order valence-electron chi connectivity index (χ2n) is 9.01. The Labute approximate surface area is 204 Å². The molecule has 196 valence electrons. The standard InChI is InChI=1S/C22H37N7O6/c1-5-12(4)18(24)21(33)28-14(6-11(2)3)19(31)27-15(8-17(23)30)20(32)29-16(22(34)35)7-13-9-25-10-26-13/h9-12,14-16,18H,5-8,24H2,1-4H3,(H2,23,30)(H,25,26)(H,27,31)(H,28,33)(H,29,32)(H,34,35). The lowest BCUT2D eigenvalue weighted by Gasteiger charge is -2.26. The van der Waals surface area contributed by atoms with Crippen LogP contribution >= 0.6 is 0 Å². The first-order chi connectivity index (χ1) is 16.3. The highest BCUT2D eigenvalue weighted by Gasteiger charge is 2.32. The van der Waals surface area contributed by atoms with E-state index < -0.39 is 60.2 Å². The normalized spacial score (nSPS) is 15.4. The lowest BCUT2D eigenvalue weighted by molar-refractivity contribution is -0.142. The number of imidazole rings is 1. The lowest BCUT2D eigenvalue weighted by Crippen LogP contribution is -2.58. The Kier molecular flexibility index (Phi) is 11.9. The van der Waals surface area contributed by atoms with E-state index in [4.69, 9.17) is 11.5 Å². The number of nitrogens with zero attached hydrogens (tertiary/aromatic N) is 1. The Bertz CT molecular complexity index is 874. The van der Waals surface area contributed by atoms with E-state index in [-0.39, 0.29) is 24.7 Å². The highest BCUT2D eigenvalue weighted by Crippen LogP contribution is 2.10. The second-order valence-corrected chi connectivity index (χ2v) is 9.01. The number of aromatic nitrogens is 2. The van der Waals surface area contributed by atoms with Crippen LogP contribution in [0.4, 0.5) is 0 Å². The highest BCUT2D eigenvalue weighted by molar-refractivity contribution is 5.96. The third kappa shape index (κ3) is 10.1. The molecule has 0 fully saturated rings. The smallest absolute Gasteiger partial charge is 0.326 e. The summed E-state index contributed by atoms with van der Waals surface area (Å²) in [6.45, 7) is 7.40. The van der Waals surface area contributed by atoms with Gasteiger partial charge in [-0.2, -0.15) is 0 Å².